The second kappa shape index (κ2) is 8.49. The van der Waals surface area contributed by atoms with E-state index in [9.17, 15) is 4.79 Å². The number of aromatic nitrogens is 4. The van der Waals surface area contributed by atoms with Gasteiger partial charge in [0.2, 0.25) is 0 Å². The third-order valence-corrected chi connectivity index (χ3v) is 5.92. The minimum absolute atomic E-state index is 0.0454. The number of carbonyl (C=O) groups excluding carboxylic acids is 1. The Kier molecular flexibility index (Phi) is 5.39. The van der Waals surface area contributed by atoms with Gasteiger partial charge >= 0.3 is 0 Å². The van der Waals surface area contributed by atoms with Gasteiger partial charge in [0.05, 0.1) is 11.0 Å². The second-order valence-electron chi connectivity index (χ2n) is 8.57. The Balaban J connectivity index is 1.24. The van der Waals surface area contributed by atoms with Crippen molar-refractivity contribution in [2.75, 3.05) is 13.1 Å². The molecule has 0 radical (unpaired) electrons. The summed E-state index contributed by atoms with van der Waals surface area (Å²) in [5, 5.41) is 4.45. The van der Waals surface area contributed by atoms with Crippen LogP contribution >= 0.6 is 0 Å². The highest BCUT2D eigenvalue weighted by molar-refractivity contribution is 5.92. The number of hydrogen-bond acceptors (Lipinski definition) is 4. The van der Waals surface area contributed by atoms with Gasteiger partial charge in [0.25, 0.3) is 5.91 Å². The first kappa shape index (κ1) is 20.3. The van der Waals surface area contributed by atoms with Crippen LogP contribution in [0.3, 0.4) is 0 Å². The molecule has 2 aromatic heterocycles. The van der Waals surface area contributed by atoms with Crippen LogP contribution < -0.4 is 4.74 Å². The Morgan fingerprint density at radius 2 is 1.97 bits per heavy atom. The van der Waals surface area contributed by atoms with Gasteiger partial charge in [0.15, 0.2) is 12.4 Å². The summed E-state index contributed by atoms with van der Waals surface area (Å²) < 4.78 is 7.52. The Labute approximate surface area is 187 Å². The number of piperidine rings is 1. The number of rotatable bonds is 5. The molecule has 1 aliphatic rings. The number of fused-ring (bicyclic) bond motifs is 1. The first-order valence-electron chi connectivity index (χ1n) is 11.0. The number of amides is 1. The van der Waals surface area contributed by atoms with Gasteiger partial charge in [-0.05, 0) is 68.1 Å². The van der Waals surface area contributed by atoms with Crippen molar-refractivity contribution < 1.29 is 9.53 Å². The van der Waals surface area contributed by atoms with Gasteiger partial charge in [-0.15, -0.1) is 0 Å². The number of ether oxygens (including phenoxy) is 1. The second-order valence-corrected chi connectivity index (χ2v) is 8.57. The average molecular weight is 430 g/mol. The van der Waals surface area contributed by atoms with Gasteiger partial charge in [-0.3, -0.25) is 4.79 Å². The number of H-pyrrole nitrogens is 1. The van der Waals surface area contributed by atoms with E-state index in [4.69, 9.17) is 9.72 Å². The number of nitrogens with one attached hydrogen (secondary N) is 1. The van der Waals surface area contributed by atoms with E-state index in [0.29, 0.717) is 12.2 Å². The topological polar surface area (TPSA) is 76.0 Å². The summed E-state index contributed by atoms with van der Waals surface area (Å²) in [6.07, 6.45) is 3.75. The Morgan fingerprint density at radius 3 is 2.78 bits per heavy atom. The first-order valence-corrected chi connectivity index (χ1v) is 11.0. The molecule has 1 amide bonds. The molecular formula is C25H27N5O2. The molecule has 5 rings (SSSR count). The number of aromatic amines is 1. The summed E-state index contributed by atoms with van der Waals surface area (Å²) in [7, 11) is 0. The van der Waals surface area contributed by atoms with Gasteiger partial charge in [-0.2, -0.15) is 5.10 Å². The molecule has 0 saturated carbocycles. The normalized spacial score (nSPS) is 16.4. The van der Waals surface area contributed by atoms with E-state index < -0.39 is 0 Å². The predicted octanol–water partition coefficient (Wildman–Crippen LogP) is 4.43. The van der Waals surface area contributed by atoms with Crippen molar-refractivity contribution in [2.24, 2.45) is 0 Å². The lowest BCUT2D eigenvalue weighted by Crippen LogP contribution is -2.39. The maximum absolute atomic E-state index is 13.1. The lowest BCUT2D eigenvalue weighted by atomic mass is 9.97. The zero-order chi connectivity index (χ0) is 22.1. The van der Waals surface area contributed by atoms with Crippen LogP contribution in [0.2, 0.25) is 0 Å². The van der Waals surface area contributed by atoms with E-state index in [0.717, 1.165) is 53.1 Å². The molecule has 164 valence electrons. The molecule has 1 unspecified atom stereocenters. The molecule has 3 heterocycles. The van der Waals surface area contributed by atoms with Crippen LogP contribution in [0.4, 0.5) is 0 Å². The Morgan fingerprint density at radius 1 is 1.16 bits per heavy atom. The standard InChI is InChI=1S/C25H27N5O2/c1-17-12-18(2)14-20(13-17)32-16-30-11-9-23(28-30)25(31)29-10-5-6-19(15-29)24-26-21-7-3-4-8-22(21)27-24/h3-4,7-9,11-14,19H,5-6,10,15-16H2,1-2H3,(H,26,27). The molecule has 0 bridgehead atoms. The van der Waals surface area contributed by atoms with Crippen LogP contribution in [0.1, 0.15) is 46.2 Å². The van der Waals surface area contributed by atoms with Crippen LogP contribution in [0.5, 0.6) is 5.75 Å². The van der Waals surface area contributed by atoms with Crippen LogP contribution in [0.15, 0.2) is 54.7 Å². The zero-order valence-corrected chi connectivity index (χ0v) is 18.4. The van der Waals surface area contributed by atoms with Gasteiger partial charge in [0.1, 0.15) is 11.6 Å². The highest BCUT2D eigenvalue weighted by Crippen LogP contribution is 2.27. The van der Waals surface area contributed by atoms with Crippen molar-refractivity contribution in [1.82, 2.24) is 24.6 Å². The van der Waals surface area contributed by atoms with Crippen LogP contribution in [0, 0.1) is 13.8 Å². The highest BCUT2D eigenvalue weighted by atomic mass is 16.5. The van der Waals surface area contributed by atoms with E-state index in [-0.39, 0.29) is 18.6 Å². The SMILES string of the molecule is Cc1cc(C)cc(OCn2ccc(C(=O)N3CCCC(c4nc5ccccc5[nH]4)C3)n2)c1. The fourth-order valence-corrected chi connectivity index (χ4v) is 4.42. The lowest BCUT2D eigenvalue weighted by Gasteiger charge is -2.31. The maximum Gasteiger partial charge on any atom is 0.274 e. The lowest BCUT2D eigenvalue weighted by molar-refractivity contribution is 0.0697. The van der Waals surface area contributed by atoms with E-state index in [2.05, 4.69) is 16.1 Å². The Hall–Kier alpha value is -3.61. The molecule has 1 fully saturated rings. The quantitative estimate of drug-likeness (QED) is 0.509. The maximum atomic E-state index is 13.1. The van der Waals surface area contributed by atoms with E-state index in [1.807, 2.05) is 55.1 Å². The fraction of sp³-hybridized carbons (Fsp3) is 0.320. The molecule has 7 nitrogen and oxygen atoms in total. The van der Waals surface area contributed by atoms with Crippen LogP contribution in [-0.2, 0) is 6.73 Å². The van der Waals surface area contributed by atoms with E-state index in [1.165, 1.54) is 0 Å². The summed E-state index contributed by atoms with van der Waals surface area (Å²) in [5.41, 5.74) is 4.75. The minimum Gasteiger partial charge on any atom is -0.471 e. The number of hydrogen-bond donors (Lipinski definition) is 1. The molecule has 1 atom stereocenters. The summed E-state index contributed by atoms with van der Waals surface area (Å²) in [4.78, 5) is 23.2. The van der Waals surface area contributed by atoms with Gasteiger partial charge in [-0.1, -0.05) is 18.2 Å². The third kappa shape index (κ3) is 4.23. The van der Waals surface area contributed by atoms with Crippen LogP contribution in [0.25, 0.3) is 11.0 Å². The fourth-order valence-electron chi connectivity index (χ4n) is 4.42. The van der Waals surface area contributed by atoms with Gasteiger partial charge in [0, 0.05) is 25.2 Å². The molecule has 0 aliphatic carbocycles. The smallest absolute Gasteiger partial charge is 0.274 e. The number of benzene rings is 2. The molecule has 4 aromatic rings. The average Bonchev–Trinajstić information content (AvgIpc) is 3.44. The molecule has 7 heteroatoms. The van der Waals surface area contributed by atoms with Crippen molar-refractivity contribution >= 4 is 16.9 Å². The number of nitrogens with zero attached hydrogens (tertiary/aromatic N) is 4. The number of para-hydroxylation sites is 2. The third-order valence-electron chi connectivity index (χ3n) is 5.92. The minimum atomic E-state index is -0.0454. The largest absolute Gasteiger partial charge is 0.471 e. The molecule has 1 N–H and O–H groups in total. The summed E-state index contributed by atoms with van der Waals surface area (Å²) in [5.74, 6) is 1.91. The van der Waals surface area contributed by atoms with Crippen molar-refractivity contribution in [2.45, 2.75) is 39.3 Å². The first-order chi connectivity index (χ1) is 15.5. The number of imidazole rings is 1. The molecule has 2 aromatic carbocycles. The predicted molar refractivity (Wildman–Crippen MR) is 123 cm³/mol. The van der Waals surface area contributed by atoms with E-state index >= 15 is 0 Å². The van der Waals surface area contributed by atoms with Crippen molar-refractivity contribution in [1.29, 1.82) is 0 Å². The molecule has 1 aliphatic heterocycles. The number of aryl methyl sites for hydroxylation is 2. The van der Waals surface area contributed by atoms with Crippen molar-refractivity contribution in [3.05, 3.63) is 77.4 Å². The summed E-state index contributed by atoms with van der Waals surface area (Å²) >= 11 is 0. The molecule has 1 saturated heterocycles. The molecule has 0 spiro atoms. The van der Waals surface area contributed by atoms with Gasteiger partial charge < -0.3 is 14.6 Å². The Bertz CT molecular complexity index is 1200. The molecular weight excluding hydrogens is 402 g/mol. The van der Waals surface area contributed by atoms with Crippen molar-refractivity contribution in [3.63, 3.8) is 0 Å². The van der Waals surface area contributed by atoms with Crippen molar-refractivity contribution in [3.8, 4) is 5.75 Å². The highest BCUT2D eigenvalue weighted by Gasteiger charge is 2.28. The summed E-state index contributed by atoms with van der Waals surface area (Å²) in [6.45, 7) is 5.73. The number of likely N-dealkylation sites (tertiary alicyclic amines) is 1. The van der Waals surface area contributed by atoms with E-state index in [1.54, 1.807) is 16.9 Å². The molecule has 32 heavy (non-hydrogen) atoms. The number of carbonyl (C=O) groups is 1. The summed E-state index contributed by atoms with van der Waals surface area (Å²) in [6, 6.07) is 15.9. The monoisotopic (exact) mass is 429 g/mol. The zero-order valence-electron chi connectivity index (χ0n) is 18.4. The van der Waals surface area contributed by atoms with Crippen LogP contribution in [-0.4, -0.2) is 43.6 Å². The van der Waals surface area contributed by atoms with Gasteiger partial charge in [-0.25, -0.2) is 9.67 Å².